The summed E-state index contributed by atoms with van der Waals surface area (Å²) in [6, 6.07) is 16.0. The molecule has 0 unspecified atom stereocenters. The average molecular weight is 465 g/mol. The smallest absolute Gasteiger partial charge is 0.291 e. The number of aromatic nitrogens is 3. The fraction of sp³-hybridized carbons (Fsp3) is 0. The van der Waals surface area contributed by atoms with Gasteiger partial charge in [-0.1, -0.05) is 17.7 Å². The largest absolute Gasteiger partial charge is 0.445 e. The van der Waals surface area contributed by atoms with Gasteiger partial charge < -0.3 is 9.73 Å². The molecule has 0 saturated heterocycles. The summed E-state index contributed by atoms with van der Waals surface area (Å²) < 4.78 is 5.96. The van der Waals surface area contributed by atoms with E-state index in [1.807, 2.05) is 34.7 Å². The Balaban J connectivity index is 1.63. The van der Waals surface area contributed by atoms with Crippen LogP contribution in [0.3, 0.4) is 0 Å². The first-order valence-corrected chi connectivity index (χ1v) is 8.74. The van der Waals surface area contributed by atoms with Gasteiger partial charge in [0.25, 0.3) is 5.91 Å². The van der Waals surface area contributed by atoms with Gasteiger partial charge in [0.1, 0.15) is 11.0 Å². The SMILES string of the molecule is O=C(Nc1ccc2nn(-c3cccc(Cl)c3)nc2c1)c1ccc(I)o1. The molecule has 2 heterocycles. The van der Waals surface area contributed by atoms with Gasteiger partial charge in [0.15, 0.2) is 9.53 Å². The third kappa shape index (κ3) is 3.38. The number of hydrogen-bond donors (Lipinski definition) is 1. The molecule has 1 amide bonds. The molecule has 0 aliphatic carbocycles. The molecule has 124 valence electrons. The first-order chi connectivity index (χ1) is 12.1. The van der Waals surface area contributed by atoms with Gasteiger partial charge in [-0.25, -0.2) is 0 Å². The molecule has 0 fully saturated rings. The molecule has 0 saturated carbocycles. The number of carbonyl (C=O) groups excluding carboxylic acids is 1. The Kier molecular flexibility index (Phi) is 4.18. The summed E-state index contributed by atoms with van der Waals surface area (Å²) in [5, 5.41) is 12.3. The summed E-state index contributed by atoms with van der Waals surface area (Å²) >= 11 is 8.02. The van der Waals surface area contributed by atoms with Crippen molar-refractivity contribution in [3.63, 3.8) is 0 Å². The van der Waals surface area contributed by atoms with E-state index >= 15 is 0 Å². The highest BCUT2D eigenvalue weighted by Crippen LogP contribution is 2.20. The summed E-state index contributed by atoms with van der Waals surface area (Å²) in [5.74, 6) is -0.0587. The molecular weight excluding hydrogens is 455 g/mol. The number of benzene rings is 2. The van der Waals surface area contributed by atoms with Crippen molar-refractivity contribution in [2.45, 2.75) is 0 Å². The van der Waals surface area contributed by atoms with Gasteiger partial charge >= 0.3 is 0 Å². The Morgan fingerprint density at radius 3 is 2.68 bits per heavy atom. The minimum absolute atomic E-state index is 0.257. The van der Waals surface area contributed by atoms with Crippen LogP contribution in [0.15, 0.2) is 59.0 Å². The lowest BCUT2D eigenvalue weighted by Crippen LogP contribution is -2.10. The number of hydrogen-bond acceptors (Lipinski definition) is 4. The molecule has 8 heteroatoms. The van der Waals surface area contributed by atoms with Crippen molar-refractivity contribution in [3.05, 3.63) is 69.1 Å². The van der Waals surface area contributed by atoms with Crippen LogP contribution < -0.4 is 5.32 Å². The molecule has 0 spiro atoms. The van der Waals surface area contributed by atoms with Gasteiger partial charge in [-0.05, 0) is 71.1 Å². The summed E-state index contributed by atoms with van der Waals surface area (Å²) in [6.45, 7) is 0. The van der Waals surface area contributed by atoms with Crippen LogP contribution in [0.25, 0.3) is 16.7 Å². The summed E-state index contributed by atoms with van der Waals surface area (Å²) in [5.41, 5.74) is 2.75. The number of nitrogens with one attached hydrogen (secondary N) is 1. The second-order valence-corrected chi connectivity index (χ2v) is 6.73. The molecule has 0 aliphatic heterocycles. The predicted molar refractivity (Wildman–Crippen MR) is 103 cm³/mol. The topological polar surface area (TPSA) is 73.0 Å². The number of anilines is 1. The molecule has 0 bridgehead atoms. The maximum absolute atomic E-state index is 12.2. The molecule has 4 rings (SSSR count). The van der Waals surface area contributed by atoms with Crippen molar-refractivity contribution < 1.29 is 9.21 Å². The van der Waals surface area contributed by atoms with Crippen molar-refractivity contribution in [1.82, 2.24) is 15.0 Å². The second kappa shape index (κ2) is 6.49. The van der Waals surface area contributed by atoms with Crippen molar-refractivity contribution in [2.24, 2.45) is 0 Å². The molecule has 1 N–H and O–H groups in total. The lowest BCUT2D eigenvalue weighted by Gasteiger charge is -2.02. The van der Waals surface area contributed by atoms with Crippen molar-refractivity contribution in [1.29, 1.82) is 0 Å². The molecule has 0 aliphatic rings. The zero-order valence-electron chi connectivity index (χ0n) is 12.6. The maximum atomic E-state index is 12.2. The van der Waals surface area contributed by atoms with Crippen molar-refractivity contribution in [3.8, 4) is 5.69 Å². The van der Waals surface area contributed by atoms with Crippen LogP contribution in [0, 0.1) is 3.77 Å². The average Bonchev–Trinajstić information content (AvgIpc) is 3.20. The summed E-state index contributed by atoms with van der Waals surface area (Å²) in [6.07, 6.45) is 0. The lowest BCUT2D eigenvalue weighted by atomic mass is 10.2. The van der Waals surface area contributed by atoms with Crippen LogP contribution in [0.5, 0.6) is 0 Å². The highest BCUT2D eigenvalue weighted by Gasteiger charge is 2.12. The van der Waals surface area contributed by atoms with E-state index in [2.05, 4.69) is 15.5 Å². The van der Waals surface area contributed by atoms with E-state index in [0.717, 1.165) is 5.69 Å². The highest BCUT2D eigenvalue weighted by molar-refractivity contribution is 14.1. The normalized spacial score (nSPS) is 11.0. The molecule has 6 nitrogen and oxygen atoms in total. The second-order valence-electron chi connectivity index (χ2n) is 5.23. The number of fused-ring (bicyclic) bond motifs is 1. The van der Waals surface area contributed by atoms with Crippen molar-refractivity contribution >= 4 is 56.8 Å². The molecule has 2 aromatic carbocycles. The predicted octanol–water partition coefficient (Wildman–Crippen LogP) is 4.52. The van der Waals surface area contributed by atoms with Crippen LogP contribution in [-0.2, 0) is 0 Å². The summed E-state index contributed by atoms with van der Waals surface area (Å²) in [7, 11) is 0. The number of amides is 1. The molecular formula is C17H10ClIN4O2. The first kappa shape index (κ1) is 16.1. The van der Waals surface area contributed by atoms with Crippen molar-refractivity contribution in [2.75, 3.05) is 5.32 Å². The maximum Gasteiger partial charge on any atom is 0.291 e. The van der Waals surface area contributed by atoms with Crippen LogP contribution in [0.2, 0.25) is 5.02 Å². The number of nitrogens with zero attached hydrogens (tertiary/aromatic N) is 3. The number of furan rings is 1. The monoisotopic (exact) mass is 464 g/mol. The van der Waals surface area contributed by atoms with E-state index in [1.54, 1.807) is 42.5 Å². The fourth-order valence-electron chi connectivity index (χ4n) is 2.34. The molecule has 0 radical (unpaired) electrons. The van der Waals surface area contributed by atoms with E-state index in [4.69, 9.17) is 16.0 Å². The number of rotatable bonds is 3. The Labute approximate surface area is 160 Å². The van der Waals surface area contributed by atoms with Crippen LogP contribution >= 0.6 is 34.2 Å². The number of carbonyl (C=O) groups is 1. The van der Waals surface area contributed by atoms with Gasteiger partial charge in [-0.15, -0.1) is 10.2 Å². The third-order valence-corrected chi connectivity index (χ3v) is 4.29. The van der Waals surface area contributed by atoms with Gasteiger partial charge in [-0.3, -0.25) is 4.79 Å². The summed E-state index contributed by atoms with van der Waals surface area (Å²) in [4.78, 5) is 13.7. The molecule has 2 aromatic heterocycles. The van der Waals surface area contributed by atoms with Crippen LogP contribution in [-0.4, -0.2) is 20.9 Å². The molecule has 0 atom stereocenters. The van der Waals surface area contributed by atoms with Gasteiger partial charge in [0.2, 0.25) is 0 Å². The molecule has 4 aromatic rings. The van der Waals surface area contributed by atoms with E-state index in [-0.39, 0.29) is 11.7 Å². The quantitative estimate of drug-likeness (QED) is 0.452. The molecule has 25 heavy (non-hydrogen) atoms. The van der Waals surface area contributed by atoms with Crippen LogP contribution in [0.4, 0.5) is 5.69 Å². The zero-order valence-corrected chi connectivity index (χ0v) is 15.5. The Morgan fingerprint density at radius 1 is 1.08 bits per heavy atom. The standard InChI is InChI=1S/C17H10ClIN4O2/c18-10-2-1-3-12(8-10)23-21-13-5-4-11(9-14(13)22-23)20-17(24)15-6-7-16(19)25-15/h1-9H,(H,20,24). The van der Waals surface area contributed by atoms with Gasteiger partial charge in [0, 0.05) is 10.7 Å². The lowest BCUT2D eigenvalue weighted by molar-refractivity contribution is 0.0995. The Hall–Kier alpha value is -2.39. The van der Waals surface area contributed by atoms with Gasteiger partial charge in [0.05, 0.1) is 5.69 Å². The highest BCUT2D eigenvalue weighted by atomic mass is 127. The Morgan fingerprint density at radius 2 is 1.92 bits per heavy atom. The van der Waals surface area contributed by atoms with E-state index in [9.17, 15) is 4.79 Å². The van der Waals surface area contributed by atoms with E-state index < -0.39 is 0 Å². The minimum atomic E-state index is -0.315. The third-order valence-electron chi connectivity index (χ3n) is 3.47. The minimum Gasteiger partial charge on any atom is -0.445 e. The zero-order chi connectivity index (χ0) is 17.4. The van der Waals surface area contributed by atoms with E-state index in [1.165, 1.54) is 4.80 Å². The Bertz CT molecular complexity index is 1090. The van der Waals surface area contributed by atoms with Gasteiger partial charge in [-0.2, -0.15) is 4.80 Å². The van der Waals surface area contributed by atoms with Crippen LogP contribution in [0.1, 0.15) is 10.6 Å². The first-order valence-electron chi connectivity index (χ1n) is 7.28. The van der Waals surface area contributed by atoms with E-state index in [0.29, 0.717) is 25.5 Å². The fourth-order valence-corrected chi connectivity index (χ4v) is 2.94. The number of halogens is 2.